The summed E-state index contributed by atoms with van der Waals surface area (Å²) in [5.41, 5.74) is 1.08. The minimum absolute atomic E-state index is 0.0237. The first kappa shape index (κ1) is 13.2. The average Bonchev–Trinajstić information content (AvgIpc) is 2.40. The summed E-state index contributed by atoms with van der Waals surface area (Å²) < 4.78 is 0. The maximum atomic E-state index is 12.3. The van der Waals surface area contributed by atoms with Crippen LogP contribution in [-0.2, 0) is 11.2 Å². The van der Waals surface area contributed by atoms with Gasteiger partial charge in [-0.25, -0.2) is 0 Å². The SMILES string of the molecule is CC(C)(Cc1cnccn1)C(=O)Nc1ccccc1. The lowest BCUT2D eigenvalue weighted by Gasteiger charge is -2.23. The van der Waals surface area contributed by atoms with E-state index in [1.165, 1.54) is 0 Å². The molecule has 0 fully saturated rings. The van der Waals surface area contributed by atoms with E-state index >= 15 is 0 Å². The number of hydrogen-bond acceptors (Lipinski definition) is 3. The van der Waals surface area contributed by atoms with E-state index in [-0.39, 0.29) is 5.91 Å². The normalized spacial score (nSPS) is 11.1. The Labute approximate surface area is 112 Å². The second-order valence-electron chi connectivity index (χ2n) is 5.08. The number of benzene rings is 1. The smallest absolute Gasteiger partial charge is 0.230 e. The number of hydrogen-bond donors (Lipinski definition) is 1. The van der Waals surface area contributed by atoms with E-state index < -0.39 is 5.41 Å². The Morgan fingerprint density at radius 1 is 1.21 bits per heavy atom. The van der Waals surface area contributed by atoms with Gasteiger partial charge in [-0.1, -0.05) is 32.0 Å². The molecule has 1 aromatic heterocycles. The number of anilines is 1. The van der Waals surface area contributed by atoms with Crippen LogP contribution in [0.15, 0.2) is 48.9 Å². The quantitative estimate of drug-likeness (QED) is 0.913. The standard InChI is InChI=1S/C15H17N3O/c1-15(2,10-13-11-16-8-9-17-13)14(19)18-12-6-4-3-5-7-12/h3-9,11H,10H2,1-2H3,(H,18,19). The Kier molecular flexibility index (Phi) is 3.90. The fourth-order valence-electron chi connectivity index (χ4n) is 1.78. The minimum atomic E-state index is -0.536. The molecule has 0 radical (unpaired) electrons. The van der Waals surface area contributed by atoms with Crippen molar-refractivity contribution in [2.24, 2.45) is 5.41 Å². The van der Waals surface area contributed by atoms with Gasteiger partial charge in [0.25, 0.3) is 0 Å². The van der Waals surface area contributed by atoms with Crippen LogP contribution in [0.2, 0.25) is 0 Å². The summed E-state index contributed by atoms with van der Waals surface area (Å²) in [6.07, 6.45) is 5.51. The third kappa shape index (κ3) is 3.61. The van der Waals surface area contributed by atoms with E-state index in [4.69, 9.17) is 0 Å². The first-order chi connectivity index (χ1) is 9.08. The lowest BCUT2D eigenvalue weighted by molar-refractivity contribution is -0.123. The zero-order valence-corrected chi connectivity index (χ0v) is 11.1. The molecule has 1 N–H and O–H groups in total. The van der Waals surface area contributed by atoms with Gasteiger partial charge in [0.1, 0.15) is 0 Å². The van der Waals surface area contributed by atoms with Gasteiger partial charge in [0, 0.05) is 36.1 Å². The van der Waals surface area contributed by atoms with Crippen molar-refractivity contribution in [3.63, 3.8) is 0 Å². The Hall–Kier alpha value is -2.23. The molecule has 0 spiro atoms. The molecule has 1 heterocycles. The van der Waals surface area contributed by atoms with Crippen LogP contribution in [0.3, 0.4) is 0 Å². The van der Waals surface area contributed by atoms with E-state index in [0.29, 0.717) is 6.42 Å². The van der Waals surface area contributed by atoms with Gasteiger partial charge in [0.2, 0.25) is 5.91 Å². The fourth-order valence-corrected chi connectivity index (χ4v) is 1.78. The predicted molar refractivity (Wildman–Crippen MR) is 74.6 cm³/mol. The molecule has 0 aliphatic carbocycles. The second-order valence-corrected chi connectivity index (χ2v) is 5.08. The topological polar surface area (TPSA) is 54.9 Å². The fraction of sp³-hybridized carbons (Fsp3) is 0.267. The molecule has 98 valence electrons. The monoisotopic (exact) mass is 255 g/mol. The summed E-state index contributed by atoms with van der Waals surface area (Å²) >= 11 is 0. The van der Waals surface area contributed by atoms with Gasteiger partial charge in [-0.2, -0.15) is 0 Å². The van der Waals surface area contributed by atoms with Gasteiger partial charge < -0.3 is 5.32 Å². The second kappa shape index (κ2) is 5.61. The molecule has 0 saturated heterocycles. The maximum Gasteiger partial charge on any atom is 0.230 e. The molecule has 0 saturated carbocycles. The van der Waals surface area contributed by atoms with E-state index in [2.05, 4.69) is 15.3 Å². The molecular weight excluding hydrogens is 238 g/mol. The summed E-state index contributed by atoms with van der Waals surface area (Å²) in [5.74, 6) is -0.0237. The molecule has 2 rings (SSSR count). The molecule has 2 aromatic rings. The molecule has 19 heavy (non-hydrogen) atoms. The van der Waals surface area contributed by atoms with E-state index in [0.717, 1.165) is 11.4 Å². The van der Waals surface area contributed by atoms with Gasteiger partial charge in [-0.15, -0.1) is 0 Å². The molecule has 4 heteroatoms. The zero-order valence-electron chi connectivity index (χ0n) is 11.1. The molecule has 1 amide bonds. The van der Waals surface area contributed by atoms with Crippen LogP contribution in [0.1, 0.15) is 19.5 Å². The summed E-state index contributed by atoms with van der Waals surface area (Å²) in [7, 11) is 0. The van der Waals surface area contributed by atoms with Crippen LogP contribution in [0.4, 0.5) is 5.69 Å². The zero-order chi connectivity index (χ0) is 13.7. The molecule has 0 atom stereocenters. The Balaban J connectivity index is 2.05. The lowest BCUT2D eigenvalue weighted by atomic mass is 9.86. The van der Waals surface area contributed by atoms with Crippen molar-refractivity contribution in [3.05, 3.63) is 54.6 Å². The van der Waals surface area contributed by atoms with Crippen molar-refractivity contribution in [2.45, 2.75) is 20.3 Å². The third-order valence-electron chi connectivity index (χ3n) is 2.89. The molecule has 0 aliphatic heterocycles. The molecule has 0 bridgehead atoms. The van der Waals surface area contributed by atoms with Crippen LogP contribution in [-0.4, -0.2) is 15.9 Å². The summed E-state index contributed by atoms with van der Waals surface area (Å²) in [6.45, 7) is 3.81. The number of amides is 1. The predicted octanol–water partition coefficient (Wildman–Crippen LogP) is 2.68. The summed E-state index contributed by atoms with van der Waals surface area (Å²) in [5, 5.41) is 2.92. The van der Waals surface area contributed by atoms with Crippen molar-refractivity contribution in [2.75, 3.05) is 5.32 Å². The Bertz CT molecular complexity index is 538. The van der Waals surface area contributed by atoms with E-state index in [1.807, 2.05) is 44.2 Å². The highest BCUT2D eigenvalue weighted by Crippen LogP contribution is 2.22. The van der Waals surface area contributed by atoms with Crippen LogP contribution < -0.4 is 5.32 Å². The Morgan fingerprint density at radius 2 is 1.95 bits per heavy atom. The Morgan fingerprint density at radius 3 is 2.58 bits per heavy atom. The van der Waals surface area contributed by atoms with Crippen molar-refractivity contribution in [1.82, 2.24) is 9.97 Å². The number of nitrogens with one attached hydrogen (secondary N) is 1. The minimum Gasteiger partial charge on any atom is -0.326 e. The van der Waals surface area contributed by atoms with Gasteiger partial charge in [-0.3, -0.25) is 14.8 Å². The van der Waals surface area contributed by atoms with Crippen molar-refractivity contribution in [1.29, 1.82) is 0 Å². The van der Waals surface area contributed by atoms with E-state index in [9.17, 15) is 4.79 Å². The first-order valence-corrected chi connectivity index (χ1v) is 6.19. The largest absolute Gasteiger partial charge is 0.326 e. The van der Waals surface area contributed by atoms with E-state index in [1.54, 1.807) is 18.6 Å². The number of carbonyl (C=O) groups is 1. The molecule has 0 unspecified atom stereocenters. The number of nitrogens with zero attached hydrogens (tertiary/aromatic N) is 2. The van der Waals surface area contributed by atoms with Crippen molar-refractivity contribution in [3.8, 4) is 0 Å². The average molecular weight is 255 g/mol. The maximum absolute atomic E-state index is 12.3. The van der Waals surface area contributed by atoms with Crippen molar-refractivity contribution < 1.29 is 4.79 Å². The highest BCUT2D eigenvalue weighted by molar-refractivity contribution is 5.94. The molecule has 1 aromatic carbocycles. The van der Waals surface area contributed by atoms with Crippen LogP contribution >= 0.6 is 0 Å². The summed E-state index contributed by atoms with van der Waals surface area (Å²) in [4.78, 5) is 20.5. The first-order valence-electron chi connectivity index (χ1n) is 6.19. The lowest BCUT2D eigenvalue weighted by Crippen LogP contribution is -2.33. The molecule has 4 nitrogen and oxygen atoms in total. The third-order valence-corrected chi connectivity index (χ3v) is 2.89. The van der Waals surface area contributed by atoms with Crippen molar-refractivity contribution >= 4 is 11.6 Å². The number of carbonyl (C=O) groups excluding carboxylic acids is 1. The molecule has 0 aliphatic rings. The van der Waals surface area contributed by atoms with Crippen LogP contribution in [0, 0.1) is 5.41 Å². The summed E-state index contributed by atoms with van der Waals surface area (Å²) in [6, 6.07) is 9.45. The van der Waals surface area contributed by atoms with Gasteiger partial charge in [-0.05, 0) is 12.1 Å². The highest BCUT2D eigenvalue weighted by atomic mass is 16.2. The number of rotatable bonds is 4. The van der Waals surface area contributed by atoms with Crippen LogP contribution in [0.25, 0.3) is 0 Å². The number of para-hydroxylation sites is 1. The molecular formula is C15H17N3O. The van der Waals surface area contributed by atoms with Gasteiger partial charge in [0.15, 0.2) is 0 Å². The van der Waals surface area contributed by atoms with Gasteiger partial charge in [0.05, 0.1) is 5.69 Å². The number of aromatic nitrogens is 2. The van der Waals surface area contributed by atoms with Gasteiger partial charge >= 0.3 is 0 Å². The van der Waals surface area contributed by atoms with Crippen LogP contribution in [0.5, 0.6) is 0 Å². The highest BCUT2D eigenvalue weighted by Gasteiger charge is 2.28.